The van der Waals surface area contributed by atoms with Gasteiger partial charge in [-0.25, -0.2) is 0 Å². The lowest BCUT2D eigenvalue weighted by atomic mass is 9.88. The van der Waals surface area contributed by atoms with E-state index in [4.69, 9.17) is 5.21 Å². The summed E-state index contributed by atoms with van der Waals surface area (Å²) >= 11 is 0. The van der Waals surface area contributed by atoms with Crippen LogP contribution >= 0.6 is 0 Å². The van der Waals surface area contributed by atoms with Crippen molar-refractivity contribution in [1.82, 2.24) is 0 Å². The molecule has 1 aliphatic rings. The number of carbonyl (C=O) groups excluding carboxylic acids is 1. The van der Waals surface area contributed by atoms with Crippen molar-refractivity contribution < 1.29 is 10.0 Å². The van der Waals surface area contributed by atoms with Gasteiger partial charge in [-0.2, -0.15) is 0 Å². The highest BCUT2D eigenvalue weighted by Crippen LogP contribution is 2.18. The third-order valence-corrected chi connectivity index (χ3v) is 1.70. The van der Waals surface area contributed by atoms with Crippen LogP contribution in [0.4, 0.5) is 0 Å². The van der Waals surface area contributed by atoms with Crippen LogP contribution in [-0.2, 0) is 4.79 Å². The first-order valence-electron chi connectivity index (χ1n) is 3.44. The molecule has 1 rings (SSSR count). The maximum absolute atomic E-state index is 10.9. The molecule has 0 bridgehead atoms. The van der Waals surface area contributed by atoms with E-state index < -0.39 is 0 Å². The number of hydrogen-bond donors (Lipinski definition) is 1. The number of rotatable bonds is 0. The number of carbonyl (C=O) groups is 1. The second kappa shape index (κ2) is 2.82. The lowest BCUT2D eigenvalue weighted by molar-refractivity contribution is -0.119. The normalized spacial score (nSPS) is 31.1. The molecule has 56 valence electrons. The summed E-state index contributed by atoms with van der Waals surface area (Å²) in [7, 11) is 0. The summed E-state index contributed by atoms with van der Waals surface area (Å²) in [5, 5.41) is 11.4. The predicted octanol–water partition coefficient (Wildman–Crippen LogP) is 1.21. The van der Waals surface area contributed by atoms with Crippen molar-refractivity contribution in [3.63, 3.8) is 0 Å². The topological polar surface area (TPSA) is 49.7 Å². The lowest BCUT2D eigenvalue weighted by Gasteiger charge is -2.16. The van der Waals surface area contributed by atoms with Crippen LogP contribution < -0.4 is 0 Å². The number of oxime groups is 1. The van der Waals surface area contributed by atoms with Crippen LogP contribution in [0.1, 0.15) is 26.2 Å². The minimum absolute atomic E-state index is 0.187. The average Bonchev–Trinajstić information content (AvgIpc) is 1.85. The summed E-state index contributed by atoms with van der Waals surface area (Å²) in [6.45, 7) is 1.99. The van der Waals surface area contributed by atoms with Crippen LogP contribution in [0.15, 0.2) is 5.16 Å². The summed E-state index contributed by atoms with van der Waals surface area (Å²) in [6.07, 6.45) is 1.75. The fourth-order valence-corrected chi connectivity index (χ4v) is 1.31. The quantitative estimate of drug-likeness (QED) is 0.407. The van der Waals surface area contributed by atoms with Crippen molar-refractivity contribution in [2.24, 2.45) is 11.1 Å². The summed E-state index contributed by atoms with van der Waals surface area (Å²) in [5.74, 6) is 0.540. The Hall–Kier alpha value is -0.860. The molecule has 0 radical (unpaired) electrons. The van der Waals surface area contributed by atoms with Crippen molar-refractivity contribution >= 4 is 11.5 Å². The van der Waals surface area contributed by atoms with E-state index in [-0.39, 0.29) is 5.78 Å². The summed E-state index contributed by atoms with van der Waals surface area (Å²) in [6, 6.07) is 0. The maximum atomic E-state index is 10.9. The van der Waals surface area contributed by atoms with E-state index in [9.17, 15) is 4.79 Å². The highest BCUT2D eigenvalue weighted by Gasteiger charge is 2.20. The lowest BCUT2D eigenvalue weighted by Crippen LogP contribution is -2.20. The van der Waals surface area contributed by atoms with Crippen LogP contribution in [0, 0.1) is 5.92 Å². The molecule has 1 atom stereocenters. The van der Waals surface area contributed by atoms with E-state index in [2.05, 4.69) is 5.16 Å². The van der Waals surface area contributed by atoms with Crippen molar-refractivity contribution in [3.8, 4) is 0 Å². The van der Waals surface area contributed by atoms with Gasteiger partial charge in [0.25, 0.3) is 0 Å². The third-order valence-electron chi connectivity index (χ3n) is 1.70. The second-order valence-electron chi connectivity index (χ2n) is 2.90. The Morgan fingerprint density at radius 1 is 1.60 bits per heavy atom. The number of ketones is 1. The Morgan fingerprint density at radius 3 is 2.80 bits per heavy atom. The standard InChI is InChI=1S/C7H11NO2/c1-5-2-6(8-10)4-7(9)3-5/h5,10H,2-4H2,1H3/b8-6-. The molecule has 1 unspecified atom stereocenters. The largest absolute Gasteiger partial charge is 0.411 e. The third kappa shape index (κ3) is 1.56. The van der Waals surface area contributed by atoms with Gasteiger partial charge in [-0.3, -0.25) is 4.79 Å². The van der Waals surface area contributed by atoms with Crippen molar-refractivity contribution in [3.05, 3.63) is 0 Å². The van der Waals surface area contributed by atoms with Gasteiger partial charge in [0.1, 0.15) is 5.78 Å². The van der Waals surface area contributed by atoms with Gasteiger partial charge in [-0.05, 0) is 12.3 Å². The first-order chi connectivity index (χ1) is 4.72. The molecule has 10 heavy (non-hydrogen) atoms. The van der Waals surface area contributed by atoms with E-state index in [1.807, 2.05) is 6.92 Å². The fraction of sp³-hybridized carbons (Fsp3) is 0.714. The zero-order valence-electron chi connectivity index (χ0n) is 6.00. The van der Waals surface area contributed by atoms with Gasteiger partial charge in [0.05, 0.1) is 5.71 Å². The van der Waals surface area contributed by atoms with Gasteiger partial charge in [0.2, 0.25) is 0 Å². The monoisotopic (exact) mass is 141 g/mol. The van der Waals surface area contributed by atoms with Gasteiger partial charge in [0, 0.05) is 12.8 Å². The first-order valence-corrected chi connectivity index (χ1v) is 3.44. The van der Waals surface area contributed by atoms with Crippen molar-refractivity contribution in [2.75, 3.05) is 0 Å². The Labute approximate surface area is 59.7 Å². The van der Waals surface area contributed by atoms with Gasteiger partial charge in [-0.15, -0.1) is 0 Å². The highest BCUT2D eigenvalue weighted by molar-refractivity contribution is 6.03. The zero-order valence-corrected chi connectivity index (χ0v) is 6.00. The van der Waals surface area contributed by atoms with Crippen LogP contribution in [-0.4, -0.2) is 16.7 Å². The molecule has 0 saturated heterocycles. The molecular weight excluding hydrogens is 130 g/mol. The van der Waals surface area contributed by atoms with Crippen molar-refractivity contribution in [2.45, 2.75) is 26.2 Å². The predicted molar refractivity (Wildman–Crippen MR) is 37.2 cm³/mol. The fourth-order valence-electron chi connectivity index (χ4n) is 1.31. The molecule has 3 heteroatoms. The Bertz CT molecular complexity index is 174. The van der Waals surface area contributed by atoms with E-state index in [1.165, 1.54) is 0 Å². The summed E-state index contributed by atoms with van der Waals surface area (Å²) < 4.78 is 0. The highest BCUT2D eigenvalue weighted by atomic mass is 16.4. The molecular formula is C7H11NO2. The van der Waals surface area contributed by atoms with E-state index >= 15 is 0 Å². The Balaban J connectivity index is 2.59. The molecule has 0 heterocycles. The van der Waals surface area contributed by atoms with Gasteiger partial charge < -0.3 is 5.21 Å². The number of Topliss-reactive ketones (excluding diaryl/α,β-unsaturated/α-hetero) is 1. The van der Waals surface area contributed by atoms with Crippen LogP contribution in [0.2, 0.25) is 0 Å². The minimum atomic E-state index is 0.187. The molecule has 1 aliphatic carbocycles. The first kappa shape index (κ1) is 7.25. The van der Waals surface area contributed by atoms with Gasteiger partial charge >= 0.3 is 0 Å². The average molecular weight is 141 g/mol. The molecule has 1 N–H and O–H groups in total. The minimum Gasteiger partial charge on any atom is -0.411 e. The molecule has 3 nitrogen and oxygen atoms in total. The van der Waals surface area contributed by atoms with Crippen LogP contribution in [0.5, 0.6) is 0 Å². The Morgan fingerprint density at radius 2 is 2.30 bits per heavy atom. The van der Waals surface area contributed by atoms with Gasteiger partial charge in [-0.1, -0.05) is 12.1 Å². The molecule has 1 fully saturated rings. The van der Waals surface area contributed by atoms with E-state index in [0.29, 0.717) is 24.5 Å². The van der Waals surface area contributed by atoms with E-state index in [0.717, 1.165) is 6.42 Å². The molecule has 0 aromatic heterocycles. The molecule has 0 amide bonds. The van der Waals surface area contributed by atoms with E-state index in [1.54, 1.807) is 0 Å². The smallest absolute Gasteiger partial charge is 0.138 e. The molecule has 0 aliphatic heterocycles. The second-order valence-corrected chi connectivity index (χ2v) is 2.90. The van der Waals surface area contributed by atoms with Crippen molar-refractivity contribution in [1.29, 1.82) is 0 Å². The molecule has 0 spiro atoms. The maximum Gasteiger partial charge on any atom is 0.138 e. The molecule has 1 saturated carbocycles. The van der Waals surface area contributed by atoms with Crippen LogP contribution in [0.25, 0.3) is 0 Å². The number of hydrogen-bond acceptors (Lipinski definition) is 3. The molecule has 0 aromatic carbocycles. The van der Waals surface area contributed by atoms with Crippen LogP contribution in [0.3, 0.4) is 0 Å². The molecule has 0 aromatic rings. The SMILES string of the molecule is CC1CC(=O)C/C(=N\O)C1. The number of nitrogens with zero attached hydrogens (tertiary/aromatic N) is 1. The Kier molecular flexibility index (Phi) is 2.04. The van der Waals surface area contributed by atoms with Gasteiger partial charge in [0.15, 0.2) is 0 Å². The summed E-state index contributed by atoms with van der Waals surface area (Å²) in [4.78, 5) is 10.9. The zero-order chi connectivity index (χ0) is 7.56. The summed E-state index contributed by atoms with van der Waals surface area (Å²) in [5.41, 5.74) is 0.628.